The zero-order valence-corrected chi connectivity index (χ0v) is 23.8. The molecule has 12 heteroatoms. The number of hydrogen-bond donors (Lipinski definition) is 1. The van der Waals surface area contributed by atoms with Crippen molar-refractivity contribution in [2.45, 2.75) is 6.92 Å². The second kappa shape index (κ2) is 12.6. The Hall–Kier alpha value is -2.33. The van der Waals surface area contributed by atoms with E-state index in [1.165, 1.54) is 7.11 Å². The summed E-state index contributed by atoms with van der Waals surface area (Å²) in [5.74, 6) is -0.820. The van der Waals surface area contributed by atoms with Gasteiger partial charge in [0, 0.05) is 9.26 Å². The molecule has 1 aliphatic rings. The fourth-order valence-corrected chi connectivity index (χ4v) is 4.91. The number of nitrogens with one attached hydrogen (secondary N) is 1. The summed E-state index contributed by atoms with van der Waals surface area (Å²) in [4.78, 5) is 50.2. The molecule has 2 aromatic rings. The summed E-state index contributed by atoms with van der Waals surface area (Å²) in [5.41, 5.74) is 1.17. The number of carbonyl (C=O) groups is 4. The number of ether oxygens (including phenoxy) is 3. The maximum atomic E-state index is 12.9. The van der Waals surface area contributed by atoms with Gasteiger partial charge in [-0.15, -0.1) is 0 Å². The first-order valence-corrected chi connectivity index (χ1v) is 13.2. The maximum Gasteiger partial charge on any atom is 0.343 e. The molecule has 0 aliphatic carbocycles. The van der Waals surface area contributed by atoms with E-state index < -0.39 is 29.6 Å². The Balaban J connectivity index is 1.75. The summed E-state index contributed by atoms with van der Waals surface area (Å²) < 4.78 is 17.4. The molecule has 1 N–H and O–H groups in total. The molecule has 1 saturated heterocycles. The van der Waals surface area contributed by atoms with Gasteiger partial charge in [0.1, 0.15) is 6.54 Å². The number of imide groups is 1. The van der Waals surface area contributed by atoms with Crippen LogP contribution < -0.4 is 14.8 Å². The lowest BCUT2D eigenvalue weighted by Crippen LogP contribution is -2.36. The summed E-state index contributed by atoms with van der Waals surface area (Å²) >= 11 is 4.94. The Labute approximate surface area is 233 Å². The maximum absolute atomic E-state index is 12.9. The highest BCUT2D eigenvalue weighted by atomic mass is 127. The molecule has 1 aliphatic heterocycles. The highest BCUT2D eigenvalue weighted by Crippen LogP contribution is 2.37. The number of esters is 1. The van der Waals surface area contributed by atoms with Crippen molar-refractivity contribution in [1.82, 2.24) is 4.90 Å². The molecule has 1 fully saturated rings. The van der Waals surface area contributed by atoms with Crippen LogP contribution in [0.1, 0.15) is 12.5 Å². The van der Waals surface area contributed by atoms with E-state index in [-0.39, 0.29) is 11.5 Å². The minimum Gasteiger partial charge on any atom is -0.490 e. The topological polar surface area (TPSA) is 111 Å². The second-order valence-corrected chi connectivity index (χ2v) is 10.4. The van der Waals surface area contributed by atoms with Crippen LogP contribution in [0.15, 0.2) is 41.3 Å². The first kappa shape index (κ1) is 27.3. The summed E-state index contributed by atoms with van der Waals surface area (Å²) in [6.07, 6.45) is 1.55. The first-order valence-electron chi connectivity index (χ1n) is 10.2. The van der Waals surface area contributed by atoms with Crippen LogP contribution in [-0.2, 0) is 19.1 Å². The van der Waals surface area contributed by atoms with Gasteiger partial charge in [-0.25, -0.2) is 4.79 Å². The van der Waals surface area contributed by atoms with E-state index in [4.69, 9.17) is 9.47 Å². The van der Waals surface area contributed by atoms with Crippen LogP contribution in [0.25, 0.3) is 6.08 Å². The number of anilines is 1. The number of halogens is 2. The molecule has 0 atom stereocenters. The molecule has 0 spiro atoms. The average Bonchev–Trinajstić information content (AvgIpc) is 3.07. The summed E-state index contributed by atoms with van der Waals surface area (Å²) in [6, 6.07) is 10.5. The van der Waals surface area contributed by atoms with Crippen molar-refractivity contribution in [2.75, 3.05) is 32.2 Å². The van der Waals surface area contributed by atoms with E-state index >= 15 is 0 Å². The lowest BCUT2D eigenvalue weighted by atomic mass is 10.2. The van der Waals surface area contributed by atoms with Crippen molar-refractivity contribution in [2.24, 2.45) is 0 Å². The summed E-state index contributed by atoms with van der Waals surface area (Å²) in [7, 11) is 1.27. The zero-order chi connectivity index (χ0) is 25.5. The van der Waals surface area contributed by atoms with Crippen LogP contribution in [-0.4, -0.2) is 54.8 Å². The summed E-state index contributed by atoms with van der Waals surface area (Å²) in [5, 5.41) is 2.15. The monoisotopic (exact) mass is 722 g/mol. The number of carbonyl (C=O) groups excluding carboxylic acids is 4. The van der Waals surface area contributed by atoms with Gasteiger partial charge in [-0.3, -0.25) is 19.3 Å². The van der Waals surface area contributed by atoms with E-state index in [1.807, 2.05) is 34.7 Å². The van der Waals surface area contributed by atoms with E-state index in [0.29, 0.717) is 32.9 Å². The van der Waals surface area contributed by atoms with Gasteiger partial charge in [0.05, 0.1) is 22.2 Å². The molecule has 1 heterocycles. The quantitative estimate of drug-likeness (QED) is 0.229. The molecule has 0 radical (unpaired) electrons. The number of nitrogens with zero attached hydrogens (tertiary/aromatic N) is 1. The molecule has 3 amide bonds. The number of benzene rings is 2. The van der Waals surface area contributed by atoms with Crippen molar-refractivity contribution < 1.29 is 33.4 Å². The Bertz CT molecular complexity index is 1190. The van der Waals surface area contributed by atoms with Crippen LogP contribution >= 0.6 is 56.9 Å². The molecule has 2 aromatic carbocycles. The number of rotatable bonds is 9. The van der Waals surface area contributed by atoms with Crippen molar-refractivity contribution in [3.63, 3.8) is 0 Å². The van der Waals surface area contributed by atoms with Crippen LogP contribution in [0.2, 0.25) is 0 Å². The molecule has 0 aromatic heterocycles. The fourth-order valence-electron chi connectivity index (χ4n) is 2.93. The first-order chi connectivity index (χ1) is 16.7. The number of methoxy groups -OCH3 is 1. The lowest BCUT2D eigenvalue weighted by Gasteiger charge is -2.14. The Morgan fingerprint density at radius 3 is 2.49 bits per heavy atom. The Kier molecular flexibility index (Phi) is 9.80. The van der Waals surface area contributed by atoms with Gasteiger partial charge >= 0.3 is 5.97 Å². The van der Waals surface area contributed by atoms with Crippen molar-refractivity contribution >= 4 is 91.7 Å². The van der Waals surface area contributed by atoms with E-state index in [2.05, 4.69) is 32.6 Å². The minimum absolute atomic E-state index is 0.179. The third kappa shape index (κ3) is 7.33. The van der Waals surface area contributed by atoms with Gasteiger partial charge in [0.15, 0.2) is 18.1 Å². The number of hydrogen-bond acceptors (Lipinski definition) is 8. The molecular formula is C23H20I2N2O7S. The van der Waals surface area contributed by atoms with Gasteiger partial charge < -0.3 is 19.5 Å². The molecule has 184 valence electrons. The summed E-state index contributed by atoms with van der Waals surface area (Å²) in [6.45, 7) is 1.47. The number of amides is 3. The van der Waals surface area contributed by atoms with Gasteiger partial charge in [-0.05, 0) is 112 Å². The van der Waals surface area contributed by atoms with Gasteiger partial charge in [0.25, 0.3) is 11.1 Å². The van der Waals surface area contributed by atoms with Gasteiger partial charge in [0.2, 0.25) is 5.91 Å². The predicted octanol–water partition coefficient (Wildman–Crippen LogP) is 4.52. The average molecular weight is 722 g/mol. The third-order valence-corrected chi connectivity index (χ3v) is 6.92. The molecule has 0 bridgehead atoms. The highest BCUT2D eigenvalue weighted by molar-refractivity contribution is 14.1. The van der Waals surface area contributed by atoms with E-state index in [9.17, 15) is 19.2 Å². The molecule has 9 nitrogen and oxygen atoms in total. The zero-order valence-electron chi connectivity index (χ0n) is 18.6. The molecular weight excluding hydrogens is 702 g/mol. The van der Waals surface area contributed by atoms with Gasteiger partial charge in [-0.1, -0.05) is 0 Å². The van der Waals surface area contributed by atoms with Crippen LogP contribution in [0.4, 0.5) is 10.5 Å². The Morgan fingerprint density at radius 2 is 1.83 bits per heavy atom. The minimum atomic E-state index is -0.559. The highest BCUT2D eigenvalue weighted by Gasteiger charge is 2.36. The SMILES string of the molecule is CCOc1cc(/C=C2/SC(=O)N(CC(=O)Nc3ccc(I)cc3)C2=O)cc(I)c1OCC(=O)OC. The number of thioether (sulfide) groups is 1. The lowest BCUT2D eigenvalue weighted by molar-refractivity contribution is -0.143. The Morgan fingerprint density at radius 1 is 1.11 bits per heavy atom. The predicted molar refractivity (Wildman–Crippen MR) is 148 cm³/mol. The second-order valence-electron chi connectivity index (χ2n) is 6.95. The standard InChI is InChI=1S/C23H20I2N2O7S/c1-3-33-17-9-13(8-16(25)21(17)34-12-20(29)32-2)10-18-22(30)27(23(31)35-18)11-19(28)26-15-6-4-14(24)5-7-15/h4-10H,3,11-12H2,1-2H3,(H,26,28)/b18-10+. The molecule has 0 unspecified atom stereocenters. The van der Waals surface area contributed by atoms with E-state index in [0.717, 1.165) is 20.2 Å². The van der Waals surface area contributed by atoms with Crippen LogP contribution in [0.5, 0.6) is 11.5 Å². The smallest absolute Gasteiger partial charge is 0.343 e. The fraction of sp³-hybridized carbons (Fsp3) is 0.217. The normalized spacial score (nSPS) is 14.3. The molecule has 0 saturated carbocycles. The molecule has 35 heavy (non-hydrogen) atoms. The van der Waals surface area contributed by atoms with Gasteiger partial charge in [-0.2, -0.15) is 0 Å². The van der Waals surface area contributed by atoms with Crippen molar-refractivity contribution in [1.29, 1.82) is 0 Å². The van der Waals surface area contributed by atoms with Crippen molar-refractivity contribution in [3.05, 3.63) is 54.0 Å². The molecule has 3 rings (SSSR count). The largest absolute Gasteiger partial charge is 0.490 e. The van der Waals surface area contributed by atoms with E-state index in [1.54, 1.807) is 37.3 Å². The van der Waals surface area contributed by atoms with Crippen molar-refractivity contribution in [3.8, 4) is 11.5 Å². The van der Waals surface area contributed by atoms with Crippen LogP contribution in [0.3, 0.4) is 0 Å². The third-order valence-electron chi connectivity index (χ3n) is 4.49. The van der Waals surface area contributed by atoms with Crippen LogP contribution in [0, 0.1) is 7.14 Å².